The molecule has 1 fully saturated rings. The van der Waals surface area contributed by atoms with Crippen molar-refractivity contribution in [3.8, 4) is 0 Å². The molecule has 2 aromatic rings. The molecule has 21 heavy (non-hydrogen) atoms. The average molecular weight is 303 g/mol. The smallest absolute Gasteiger partial charge is 0.251 e. The van der Waals surface area contributed by atoms with E-state index in [0.717, 1.165) is 29.0 Å². The summed E-state index contributed by atoms with van der Waals surface area (Å²) in [5, 5.41) is 3.72. The molecule has 1 aliphatic rings. The molecule has 2 unspecified atom stereocenters. The average Bonchev–Trinajstić information content (AvgIpc) is 2.71. The molecule has 2 atom stereocenters. The Morgan fingerprint density at radius 1 is 1.33 bits per heavy atom. The van der Waals surface area contributed by atoms with Crippen LogP contribution in [0, 0.1) is 5.92 Å². The van der Waals surface area contributed by atoms with Crippen molar-refractivity contribution in [1.82, 2.24) is 10.3 Å². The highest BCUT2D eigenvalue weighted by Crippen LogP contribution is 2.25. The largest absolute Gasteiger partial charge is 0.375 e. The second kappa shape index (κ2) is 6.02. The van der Waals surface area contributed by atoms with Crippen LogP contribution in [-0.2, 0) is 0 Å². The monoisotopic (exact) mass is 303 g/mol. The van der Waals surface area contributed by atoms with Gasteiger partial charge in [0, 0.05) is 11.6 Å². The third-order valence-electron chi connectivity index (χ3n) is 4.26. The molecule has 1 aliphatic carbocycles. The van der Waals surface area contributed by atoms with Gasteiger partial charge < -0.3 is 11.1 Å². The van der Waals surface area contributed by atoms with Crippen LogP contribution < -0.4 is 11.1 Å². The van der Waals surface area contributed by atoms with Gasteiger partial charge in [-0.05, 0) is 43.4 Å². The Bertz CT molecular complexity index is 652. The first-order valence-corrected chi connectivity index (χ1v) is 8.40. The molecule has 1 aromatic heterocycles. The number of hydrogen-bond donors (Lipinski definition) is 2. The van der Waals surface area contributed by atoms with Crippen molar-refractivity contribution in [2.45, 2.75) is 45.1 Å². The highest BCUT2D eigenvalue weighted by Gasteiger charge is 2.18. The van der Waals surface area contributed by atoms with Gasteiger partial charge in [-0.3, -0.25) is 4.79 Å². The number of carbonyl (C=O) groups is 1. The van der Waals surface area contributed by atoms with Crippen molar-refractivity contribution in [1.29, 1.82) is 0 Å². The summed E-state index contributed by atoms with van der Waals surface area (Å²) in [7, 11) is 0. The first-order chi connectivity index (χ1) is 10.1. The minimum absolute atomic E-state index is 0.0171. The predicted molar refractivity (Wildman–Crippen MR) is 87.5 cm³/mol. The fourth-order valence-corrected chi connectivity index (χ4v) is 3.76. The van der Waals surface area contributed by atoms with Crippen LogP contribution in [0.1, 0.15) is 49.4 Å². The van der Waals surface area contributed by atoms with Gasteiger partial charge in [-0.1, -0.05) is 31.1 Å². The number of nitrogens with zero attached hydrogens (tertiary/aromatic N) is 1. The molecule has 0 bridgehead atoms. The highest BCUT2D eigenvalue weighted by atomic mass is 32.1. The van der Waals surface area contributed by atoms with Gasteiger partial charge in [0.25, 0.3) is 5.91 Å². The molecule has 1 aromatic carbocycles. The van der Waals surface area contributed by atoms with Crippen LogP contribution in [-0.4, -0.2) is 16.9 Å². The molecule has 1 saturated carbocycles. The number of rotatable bonds is 2. The lowest BCUT2D eigenvalue weighted by Gasteiger charge is -2.16. The molecule has 3 N–H and O–H groups in total. The van der Waals surface area contributed by atoms with E-state index < -0.39 is 0 Å². The van der Waals surface area contributed by atoms with E-state index >= 15 is 0 Å². The maximum absolute atomic E-state index is 12.4. The van der Waals surface area contributed by atoms with Crippen LogP contribution >= 0.6 is 11.3 Å². The van der Waals surface area contributed by atoms with E-state index in [0.29, 0.717) is 16.7 Å². The second-order valence-corrected chi connectivity index (χ2v) is 7.08. The Morgan fingerprint density at radius 2 is 2.19 bits per heavy atom. The molecule has 5 heteroatoms. The predicted octanol–water partition coefficient (Wildman–Crippen LogP) is 3.58. The fraction of sp³-hybridized carbons (Fsp3) is 0.500. The maximum atomic E-state index is 12.4. The first-order valence-electron chi connectivity index (χ1n) is 7.59. The summed E-state index contributed by atoms with van der Waals surface area (Å²) in [5.74, 6) is 0.798. The van der Waals surface area contributed by atoms with Crippen molar-refractivity contribution in [2.24, 2.45) is 5.92 Å². The molecule has 0 aliphatic heterocycles. The van der Waals surface area contributed by atoms with Crippen LogP contribution in [0.2, 0.25) is 0 Å². The molecule has 0 radical (unpaired) electrons. The zero-order valence-electron chi connectivity index (χ0n) is 12.3. The number of nitrogens with two attached hydrogens (primary N) is 1. The van der Waals surface area contributed by atoms with Crippen LogP contribution in [0.3, 0.4) is 0 Å². The lowest BCUT2D eigenvalue weighted by Crippen LogP contribution is -2.34. The third kappa shape index (κ3) is 3.35. The molecule has 1 amide bonds. The van der Waals surface area contributed by atoms with Gasteiger partial charge in [0.05, 0.1) is 10.2 Å². The quantitative estimate of drug-likeness (QED) is 0.833. The molecule has 0 spiro atoms. The van der Waals surface area contributed by atoms with Crippen molar-refractivity contribution in [2.75, 3.05) is 5.73 Å². The zero-order chi connectivity index (χ0) is 14.8. The van der Waals surface area contributed by atoms with Crippen LogP contribution in [0.5, 0.6) is 0 Å². The molecule has 3 rings (SSSR count). The third-order valence-corrected chi connectivity index (χ3v) is 5.11. The summed E-state index contributed by atoms with van der Waals surface area (Å²) in [6.07, 6.45) is 5.86. The fourth-order valence-electron chi connectivity index (χ4n) is 2.98. The van der Waals surface area contributed by atoms with Gasteiger partial charge in [0.2, 0.25) is 0 Å². The number of thiazole rings is 1. The number of anilines is 1. The van der Waals surface area contributed by atoms with Gasteiger partial charge in [0.15, 0.2) is 5.13 Å². The van der Waals surface area contributed by atoms with Crippen LogP contribution in [0.15, 0.2) is 18.2 Å². The lowest BCUT2D eigenvalue weighted by molar-refractivity contribution is 0.0933. The maximum Gasteiger partial charge on any atom is 0.251 e. The number of hydrogen-bond acceptors (Lipinski definition) is 4. The van der Waals surface area contributed by atoms with Crippen molar-refractivity contribution in [3.05, 3.63) is 23.8 Å². The summed E-state index contributed by atoms with van der Waals surface area (Å²) in [4.78, 5) is 16.6. The summed E-state index contributed by atoms with van der Waals surface area (Å²) in [6.45, 7) is 2.30. The van der Waals surface area contributed by atoms with E-state index in [2.05, 4.69) is 17.2 Å². The summed E-state index contributed by atoms with van der Waals surface area (Å²) >= 11 is 1.42. The van der Waals surface area contributed by atoms with Crippen molar-refractivity contribution < 1.29 is 4.79 Å². The summed E-state index contributed by atoms with van der Waals surface area (Å²) in [6, 6.07) is 5.89. The summed E-state index contributed by atoms with van der Waals surface area (Å²) in [5.41, 5.74) is 7.26. The second-order valence-electron chi connectivity index (χ2n) is 6.02. The standard InChI is InChI=1S/C16H21N3OS/c1-10-3-2-4-12(7-5-10)18-15(20)11-6-8-13-14(9-11)21-16(17)19-13/h6,8-10,12H,2-5,7H2,1H3,(H2,17,19)(H,18,20). The summed E-state index contributed by atoms with van der Waals surface area (Å²) < 4.78 is 0.967. The van der Waals surface area contributed by atoms with E-state index in [1.54, 1.807) is 0 Å². The number of amides is 1. The molecule has 4 nitrogen and oxygen atoms in total. The Kier molecular flexibility index (Phi) is 4.10. The number of aromatic nitrogens is 1. The van der Waals surface area contributed by atoms with Gasteiger partial charge in [0.1, 0.15) is 0 Å². The number of fused-ring (bicyclic) bond motifs is 1. The SMILES string of the molecule is CC1CCCC(NC(=O)c2ccc3nc(N)sc3c2)CC1. The minimum Gasteiger partial charge on any atom is -0.375 e. The van der Waals surface area contributed by atoms with Crippen molar-refractivity contribution >= 4 is 32.6 Å². The number of benzene rings is 1. The van der Waals surface area contributed by atoms with Gasteiger partial charge >= 0.3 is 0 Å². The minimum atomic E-state index is 0.0171. The van der Waals surface area contributed by atoms with Crippen molar-refractivity contribution in [3.63, 3.8) is 0 Å². The van der Waals surface area contributed by atoms with Crippen LogP contribution in [0.25, 0.3) is 10.2 Å². The van der Waals surface area contributed by atoms with E-state index in [1.165, 1.54) is 30.6 Å². The lowest BCUT2D eigenvalue weighted by atomic mass is 10.0. The van der Waals surface area contributed by atoms with E-state index in [1.807, 2.05) is 18.2 Å². The van der Waals surface area contributed by atoms with E-state index in [4.69, 9.17) is 5.73 Å². The molecule has 1 heterocycles. The Morgan fingerprint density at radius 3 is 3.05 bits per heavy atom. The Hall–Kier alpha value is -1.62. The van der Waals surface area contributed by atoms with Crippen LogP contribution in [0.4, 0.5) is 5.13 Å². The van der Waals surface area contributed by atoms with E-state index in [-0.39, 0.29) is 5.91 Å². The Labute approximate surface area is 128 Å². The highest BCUT2D eigenvalue weighted by molar-refractivity contribution is 7.22. The topological polar surface area (TPSA) is 68.0 Å². The van der Waals surface area contributed by atoms with Gasteiger partial charge in [-0.2, -0.15) is 0 Å². The zero-order valence-corrected chi connectivity index (χ0v) is 13.1. The molecular weight excluding hydrogens is 282 g/mol. The van der Waals surface area contributed by atoms with E-state index in [9.17, 15) is 4.79 Å². The molecule has 112 valence electrons. The number of carbonyl (C=O) groups excluding carboxylic acids is 1. The number of nitrogen functional groups attached to an aromatic ring is 1. The number of nitrogens with one attached hydrogen (secondary N) is 1. The van der Waals surface area contributed by atoms with Gasteiger partial charge in [-0.25, -0.2) is 4.98 Å². The molecular formula is C16H21N3OS. The van der Waals surface area contributed by atoms with Gasteiger partial charge in [-0.15, -0.1) is 0 Å². The first kappa shape index (κ1) is 14.3. The Balaban J connectivity index is 1.71. The molecule has 0 saturated heterocycles. The normalized spacial score (nSPS) is 22.9.